The van der Waals surface area contributed by atoms with Gasteiger partial charge in [0.1, 0.15) is 17.2 Å². The summed E-state index contributed by atoms with van der Waals surface area (Å²) in [6, 6.07) is 13.9. The van der Waals surface area contributed by atoms with Crippen LogP contribution in [0.5, 0.6) is 11.5 Å². The molecule has 30 heavy (non-hydrogen) atoms. The highest BCUT2D eigenvalue weighted by molar-refractivity contribution is 6.00. The third-order valence-corrected chi connectivity index (χ3v) is 5.29. The first-order valence-corrected chi connectivity index (χ1v) is 9.45. The number of H-pyrrole nitrogens is 1. The van der Waals surface area contributed by atoms with Crippen LogP contribution in [-0.4, -0.2) is 60.3 Å². The van der Waals surface area contributed by atoms with Crippen LogP contribution in [0.1, 0.15) is 27.7 Å². The lowest BCUT2D eigenvalue weighted by atomic mass is 9.96. The normalized spacial score (nSPS) is 15.7. The van der Waals surface area contributed by atoms with E-state index in [-0.39, 0.29) is 18.2 Å². The molecule has 0 aliphatic carbocycles. The van der Waals surface area contributed by atoms with E-state index >= 15 is 0 Å². The van der Waals surface area contributed by atoms with Gasteiger partial charge in [-0.25, -0.2) is 0 Å². The maximum absolute atomic E-state index is 13.3. The Morgan fingerprint density at radius 3 is 2.53 bits per heavy atom. The minimum Gasteiger partial charge on any atom is -0.508 e. The number of phenols is 1. The highest BCUT2D eigenvalue weighted by atomic mass is 16.7. The zero-order valence-electron chi connectivity index (χ0n) is 17.0. The van der Waals surface area contributed by atoms with E-state index in [0.717, 1.165) is 16.7 Å². The van der Waals surface area contributed by atoms with Gasteiger partial charge in [-0.15, -0.1) is 0 Å². The summed E-state index contributed by atoms with van der Waals surface area (Å²) in [5, 5.41) is 17.1. The van der Waals surface area contributed by atoms with Crippen molar-refractivity contribution in [2.45, 2.75) is 12.3 Å². The average molecular weight is 409 g/mol. The van der Waals surface area contributed by atoms with Crippen molar-refractivity contribution in [3.05, 3.63) is 65.4 Å². The Morgan fingerprint density at radius 1 is 1.13 bits per heavy atom. The molecule has 2 aromatic carbocycles. The van der Waals surface area contributed by atoms with Gasteiger partial charge in [0.2, 0.25) is 0 Å². The molecule has 4 rings (SSSR count). The fourth-order valence-corrected chi connectivity index (χ4v) is 3.78. The quantitative estimate of drug-likeness (QED) is 0.583. The van der Waals surface area contributed by atoms with Crippen LogP contribution < -0.4 is 4.74 Å². The largest absolute Gasteiger partial charge is 0.508 e. The average Bonchev–Trinajstić information content (AvgIpc) is 3.32. The van der Waals surface area contributed by atoms with E-state index < -0.39 is 12.3 Å². The first-order valence-electron chi connectivity index (χ1n) is 9.45. The molecule has 0 radical (unpaired) electrons. The second kappa shape index (κ2) is 8.17. The molecule has 2 N–H and O–H groups in total. The van der Waals surface area contributed by atoms with Crippen molar-refractivity contribution in [3.63, 3.8) is 0 Å². The molecule has 1 atom stereocenters. The van der Waals surface area contributed by atoms with Crippen molar-refractivity contribution in [1.82, 2.24) is 15.1 Å². The summed E-state index contributed by atoms with van der Waals surface area (Å²) in [5.41, 5.74) is 3.54. The van der Waals surface area contributed by atoms with Crippen LogP contribution in [0.2, 0.25) is 0 Å². The Hall–Kier alpha value is -3.36. The zero-order chi connectivity index (χ0) is 21.3. The van der Waals surface area contributed by atoms with Crippen molar-refractivity contribution >= 4 is 5.91 Å². The summed E-state index contributed by atoms with van der Waals surface area (Å²) >= 11 is 0. The lowest BCUT2D eigenvalue weighted by molar-refractivity contribution is -0.113. The number of amides is 1. The molecule has 1 aliphatic rings. The van der Waals surface area contributed by atoms with Gasteiger partial charge in [0.05, 0.1) is 25.4 Å². The number of rotatable bonds is 7. The number of benzene rings is 2. The number of nitrogens with one attached hydrogen (secondary N) is 1. The standard InChI is InChI=1S/C22H23N3O5/c1-28-16-6-4-5-14(11-16)19-18-20(24-23-19)22(27)25(12-17(29-2)30-3)21(18)13-7-9-15(26)10-8-13/h4-11,17,21,26H,12H2,1-3H3,(H,23,24). The Kier molecular flexibility index (Phi) is 5.43. The number of phenolic OH excluding ortho intramolecular Hbond substituents is 1. The summed E-state index contributed by atoms with van der Waals surface area (Å²) in [6.45, 7) is 0.234. The van der Waals surface area contributed by atoms with Crippen LogP contribution >= 0.6 is 0 Å². The molecule has 0 saturated carbocycles. The van der Waals surface area contributed by atoms with Gasteiger partial charge in [-0.1, -0.05) is 24.3 Å². The van der Waals surface area contributed by atoms with Crippen LogP contribution in [0.4, 0.5) is 0 Å². The van der Waals surface area contributed by atoms with Gasteiger partial charge in [0.25, 0.3) is 5.91 Å². The molecule has 1 aromatic heterocycles. The Bertz CT molecular complexity index is 1040. The van der Waals surface area contributed by atoms with Gasteiger partial charge in [0.15, 0.2) is 6.29 Å². The SMILES string of the molecule is COc1cccc(-c2n[nH]c3c2C(c2ccc(O)cc2)N(CC(OC)OC)C3=O)c1. The third-order valence-electron chi connectivity index (χ3n) is 5.29. The summed E-state index contributed by atoms with van der Waals surface area (Å²) in [7, 11) is 4.67. The van der Waals surface area contributed by atoms with Gasteiger partial charge in [-0.05, 0) is 29.8 Å². The van der Waals surface area contributed by atoms with Gasteiger partial charge in [-0.2, -0.15) is 5.10 Å². The lowest BCUT2D eigenvalue weighted by Gasteiger charge is -2.29. The fourth-order valence-electron chi connectivity index (χ4n) is 3.78. The van der Waals surface area contributed by atoms with E-state index in [9.17, 15) is 9.90 Å². The topological polar surface area (TPSA) is 96.9 Å². The van der Waals surface area contributed by atoms with Crippen molar-refractivity contribution < 1.29 is 24.1 Å². The van der Waals surface area contributed by atoms with E-state index in [1.165, 1.54) is 14.2 Å². The molecule has 8 nitrogen and oxygen atoms in total. The number of nitrogens with zero attached hydrogens (tertiary/aromatic N) is 2. The zero-order valence-corrected chi connectivity index (χ0v) is 17.0. The Morgan fingerprint density at radius 2 is 1.87 bits per heavy atom. The number of hydrogen-bond acceptors (Lipinski definition) is 6. The maximum atomic E-state index is 13.3. The molecule has 0 spiro atoms. The predicted molar refractivity (Wildman–Crippen MR) is 109 cm³/mol. The number of aromatic hydroxyl groups is 1. The van der Waals surface area contributed by atoms with Crippen molar-refractivity contribution in [2.75, 3.05) is 27.9 Å². The number of ether oxygens (including phenoxy) is 3. The summed E-state index contributed by atoms with van der Waals surface area (Å²) in [5.74, 6) is 0.663. The molecule has 0 fully saturated rings. The Labute approximate surface area is 174 Å². The smallest absolute Gasteiger partial charge is 0.273 e. The summed E-state index contributed by atoms with van der Waals surface area (Å²) in [4.78, 5) is 14.9. The highest BCUT2D eigenvalue weighted by Gasteiger charge is 2.43. The second-order valence-electron chi connectivity index (χ2n) is 6.95. The number of carbonyl (C=O) groups is 1. The molecular formula is C22H23N3O5. The fraction of sp³-hybridized carbons (Fsp3) is 0.273. The first-order chi connectivity index (χ1) is 14.6. The van der Waals surface area contributed by atoms with Crippen molar-refractivity contribution in [2.24, 2.45) is 0 Å². The van der Waals surface area contributed by atoms with Gasteiger partial charge < -0.3 is 24.2 Å². The van der Waals surface area contributed by atoms with Crippen LogP contribution in [0.15, 0.2) is 48.5 Å². The van der Waals surface area contributed by atoms with Crippen LogP contribution in [0, 0.1) is 0 Å². The Balaban J connectivity index is 1.84. The van der Waals surface area contributed by atoms with Gasteiger partial charge in [0, 0.05) is 25.3 Å². The minimum atomic E-state index is -0.578. The number of fused-ring (bicyclic) bond motifs is 1. The maximum Gasteiger partial charge on any atom is 0.273 e. The molecule has 8 heteroatoms. The van der Waals surface area contributed by atoms with E-state index in [1.807, 2.05) is 24.3 Å². The van der Waals surface area contributed by atoms with Crippen LogP contribution in [0.3, 0.4) is 0 Å². The monoisotopic (exact) mass is 409 g/mol. The molecule has 1 amide bonds. The van der Waals surface area contributed by atoms with Gasteiger partial charge in [-0.3, -0.25) is 9.89 Å². The third kappa shape index (κ3) is 3.40. The number of aromatic amines is 1. The van der Waals surface area contributed by atoms with Crippen LogP contribution in [0.25, 0.3) is 11.3 Å². The number of carbonyl (C=O) groups excluding carboxylic acids is 1. The van der Waals surface area contributed by atoms with Crippen LogP contribution in [-0.2, 0) is 9.47 Å². The molecule has 156 valence electrons. The number of aromatic nitrogens is 2. The van der Waals surface area contributed by atoms with Gasteiger partial charge >= 0.3 is 0 Å². The highest BCUT2D eigenvalue weighted by Crippen LogP contribution is 2.43. The van der Waals surface area contributed by atoms with E-state index in [2.05, 4.69) is 10.2 Å². The van der Waals surface area contributed by atoms with E-state index in [1.54, 1.807) is 36.3 Å². The number of methoxy groups -OCH3 is 3. The lowest BCUT2D eigenvalue weighted by Crippen LogP contribution is -2.38. The first kappa shape index (κ1) is 19.9. The van der Waals surface area contributed by atoms with Crippen molar-refractivity contribution in [1.29, 1.82) is 0 Å². The predicted octanol–water partition coefficient (Wildman–Crippen LogP) is 2.96. The second-order valence-corrected chi connectivity index (χ2v) is 6.95. The number of hydrogen-bond donors (Lipinski definition) is 2. The summed E-state index contributed by atoms with van der Waals surface area (Å²) in [6.07, 6.45) is -0.578. The van der Waals surface area contributed by atoms with Crippen molar-refractivity contribution in [3.8, 4) is 22.8 Å². The van der Waals surface area contributed by atoms with E-state index in [4.69, 9.17) is 14.2 Å². The molecule has 0 saturated heterocycles. The summed E-state index contributed by atoms with van der Waals surface area (Å²) < 4.78 is 16.0. The molecule has 1 unspecified atom stereocenters. The molecule has 3 aromatic rings. The molecule has 1 aliphatic heterocycles. The molecule has 2 heterocycles. The molecule has 0 bridgehead atoms. The minimum absolute atomic E-state index is 0.154. The van der Waals surface area contributed by atoms with E-state index in [0.29, 0.717) is 17.1 Å². The molecular weight excluding hydrogens is 386 g/mol.